The van der Waals surface area contributed by atoms with Crippen molar-refractivity contribution < 1.29 is 13.9 Å². The molecule has 0 aromatic heterocycles. The van der Waals surface area contributed by atoms with Gasteiger partial charge < -0.3 is 9.47 Å². The lowest BCUT2D eigenvalue weighted by Gasteiger charge is -2.22. The number of methoxy groups -OCH3 is 1. The van der Waals surface area contributed by atoms with Crippen LogP contribution in [0.2, 0.25) is 0 Å². The third-order valence-corrected chi connectivity index (χ3v) is 7.39. The molecule has 1 aromatic rings. The molecule has 3 rings (SSSR count). The molecule has 1 unspecified atom stereocenters. The molecule has 0 saturated heterocycles. The minimum absolute atomic E-state index is 0.456. The molecular weight excluding hydrogens is 640 g/mol. The smallest absolute Gasteiger partial charge is 0.195 e. The first-order valence-electron chi connectivity index (χ1n) is 22.0. The molecule has 2 aliphatic rings. The van der Waals surface area contributed by atoms with Crippen LogP contribution in [-0.4, -0.2) is 26.7 Å². The highest BCUT2D eigenvalue weighted by Crippen LogP contribution is 2.31. The summed E-state index contributed by atoms with van der Waals surface area (Å²) < 4.78 is 20.4. The maximum absolute atomic E-state index is 11.5. The average Bonchev–Trinajstić information content (AvgIpc) is 3.90. The zero-order valence-electron chi connectivity index (χ0n) is 40.4. The van der Waals surface area contributed by atoms with E-state index in [1.54, 1.807) is 14.0 Å². The minimum Gasteiger partial charge on any atom is -0.385 e. The first kappa shape index (κ1) is 65.9. The first-order valence-corrected chi connectivity index (χ1v) is 22.0. The van der Waals surface area contributed by atoms with Crippen LogP contribution in [0.4, 0.5) is 4.39 Å². The van der Waals surface area contributed by atoms with Gasteiger partial charge in [0.1, 0.15) is 0 Å². The van der Waals surface area contributed by atoms with E-state index in [0.717, 1.165) is 42.6 Å². The van der Waals surface area contributed by atoms with Gasteiger partial charge in [0.05, 0.1) is 0 Å². The first-order chi connectivity index (χ1) is 24.2. The summed E-state index contributed by atoms with van der Waals surface area (Å²) in [7, 11) is 1.68. The van der Waals surface area contributed by atoms with Crippen molar-refractivity contribution >= 4 is 0 Å². The SMILES string of the molecule is CC(C)C.CC(C)C.CCC(C)(C)C.CCC(C)C.CCC1CC1.CCC1CCC1.CCCC.CCOC.CCOC(C)F.CCc1ccccc1. The monoisotopic (exact) mass is 745 g/mol. The zero-order chi connectivity index (χ0) is 42.4. The third-order valence-electron chi connectivity index (χ3n) is 7.39. The number of hydrogen-bond donors (Lipinski definition) is 0. The summed E-state index contributed by atoms with van der Waals surface area (Å²) in [5, 5.41) is 0. The van der Waals surface area contributed by atoms with Crippen molar-refractivity contribution in [3.8, 4) is 0 Å². The van der Waals surface area contributed by atoms with Crippen molar-refractivity contribution in [2.24, 2.45) is 35.0 Å². The van der Waals surface area contributed by atoms with E-state index in [4.69, 9.17) is 0 Å². The number of benzene rings is 1. The molecule has 0 amide bonds. The maximum atomic E-state index is 11.5. The van der Waals surface area contributed by atoms with Crippen molar-refractivity contribution in [1.29, 1.82) is 0 Å². The lowest BCUT2D eigenvalue weighted by Crippen LogP contribution is -2.08. The Bertz CT molecular complexity index is 631. The van der Waals surface area contributed by atoms with Crippen molar-refractivity contribution in [1.82, 2.24) is 0 Å². The molecule has 0 radical (unpaired) electrons. The highest BCUT2D eigenvalue weighted by Gasteiger charge is 2.17. The van der Waals surface area contributed by atoms with Crippen LogP contribution in [0, 0.1) is 35.0 Å². The topological polar surface area (TPSA) is 18.5 Å². The highest BCUT2D eigenvalue weighted by atomic mass is 19.1. The number of alkyl halides is 1. The van der Waals surface area contributed by atoms with Crippen LogP contribution < -0.4 is 0 Å². The summed E-state index contributed by atoms with van der Waals surface area (Å²) in [6, 6.07) is 10.5. The van der Waals surface area contributed by atoms with E-state index in [0.29, 0.717) is 12.0 Å². The van der Waals surface area contributed by atoms with Crippen molar-refractivity contribution in [2.75, 3.05) is 20.3 Å². The summed E-state index contributed by atoms with van der Waals surface area (Å²) in [5.74, 6) is 4.80. The predicted molar refractivity (Wildman–Crippen MR) is 243 cm³/mol. The molecule has 2 saturated carbocycles. The Morgan fingerprint density at radius 2 is 0.962 bits per heavy atom. The highest BCUT2D eigenvalue weighted by molar-refractivity contribution is 5.13. The number of aryl methyl sites for hydroxylation is 1. The lowest BCUT2D eigenvalue weighted by molar-refractivity contribution is -0.0174. The second kappa shape index (κ2) is 54.4. The number of rotatable bonds is 8. The van der Waals surface area contributed by atoms with E-state index in [9.17, 15) is 4.39 Å². The van der Waals surface area contributed by atoms with Gasteiger partial charge in [0.25, 0.3) is 0 Å². The summed E-state index contributed by atoms with van der Waals surface area (Å²) in [5.41, 5.74) is 1.95. The van der Waals surface area contributed by atoms with E-state index < -0.39 is 6.36 Å². The van der Waals surface area contributed by atoms with Crippen LogP contribution in [0.5, 0.6) is 0 Å². The van der Waals surface area contributed by atoms with Crippen LogP contribution in [0.1, 0.15) is 222 Å². The molecule has 320 valence electrons. The second-order valence-electron chi connectivity index (χ2n) is 16.7. The molecule has 0 N–H and O–H groups in total. The van der Waals surface area contributed by atoms with E-state index in [2.05, 4.69) is 158 Å². The van der Waals surface area contributed by atoms with Crippen LogP contribution in [0.15, 0.2) is 30.3 Å². The molecule has 1 atom stereocenters. The number of unbranched alkanes of at least 4 members (excludes halogenated alkanes) is 1. The summed E-state index contributed by atoms with van der Waals surface area (Å²) in [6.45, 7) is 46.0. The van der Waals surface area contributed by atoms with Gasteiger partial charge in [-0.3, -0.25) is 0 Å². The molecule has 0 bridgehead atoms. The van der Waals surface area contributed by atoms with E-state index in [-0.39, 0.29) is 0 Å². The molecule has 0 spiro atoms. The predicted octanol–water partition coefficient (Wildman–Crippen LogP) is 17.9. The quantitative estimate of drug-likeness (QED) is 0.264. The van der Waals surface area contributed by atoms with Gasteiger partial charge in [0.2, 0.25) is 0 Å². The Hall–Kier alpha value is -0.930. The summed E-state index contributed by atoms with van der Waals surface area (Å²) in [6.07, 6.45) is 15.6. The summed E-state index contributed by atoms with van der Waals surface area (Å²) in [4.78, 5) is 0. The van der Waals surface area contributed by atoms with Gasteiger partial charge in [-0.15, -0.1) is 0 Å². The molecule has 3 heteroatoms. The second-order valence-corrected chi connectivity index (χ2v) is 16.7. The van der Waals surface area contributed by atoms with E-state index in [1.165, 1.54) is 83.1 Å². The maximum Gasteiger partial charge on any atom is 0.195 e. The summed E-state index contributed by atoms with van der Waals surface area (Å²) >= 11 is 0. The molecule has 2 fully saturated rings. The number of hydrogen-bond acceptors (Lipinski definition) is 2. The normalized spacial score (nSPS) is 12.9. The van der Waals surface area contributed by atoms with Crippen LogP contribution in [0.3, 0.4) is 0 Å². The Balaban J connectivity index is -0.0000000874. The molecule has 1 aromatic carbocycles. The Morgan fingerprint density at radius 3 is 1.02 bits per heavy atom. The Labute approximate surface area is 333 Å². The van der Waals surface area contributed by atoms with Gasteiger partial charge >= 0.3 is 0 Å². The zero-order valence-corrected chi connectivity index (χ0v) is 40.4. The molecule has 2 nitrogen and oxygen atoms in total. The van der Waals surface area contributed by atoms with Crippen molar-refractivity contribution in [3.63, 3.8) is 0 Å². The van der Waals surface area contributed by atoms with Crippen LogP contribution >= 0.6 is 0 Å². The van der Waals surface area contributed by atoms with Gasteiger partial charge in [-0.2, -0.15) is 0 Å². The van der Waals surface area contributed by atoms with Crippen molar-refractivity contribution in [2.45, 2.75) is 229 Å². The van der Waals surface area contributed by atoms with Gasteiger partial charge in [0, 0.05) is 20.3 Å². The molecule has 0 heterocycles. The van der Waals surface area contributed by atoms with Gasteiger partial charge in [-0.05, 0) is 67.8 Å². The standard InChI is InChI=1S/C8H10.C6H12.C6H14.C5H10.C5H12.C4H9FO.3C4H10.C3H8O/c1-2-8-6-4-3-5-7-8;1-2-6-4-3-5-6;1-5-6(2,3)4;1-2-5-3-4-5;1-4-5(2)3;1-3-6-4(2)5;2*1-4(2)3;2*1-3-4-2/h3-7H,2H2,1H3;6H,2-5H2,1H3;5H2,1-4H3;5H,2-4H2,1H3;5H,4H2,1-3H3;4H,3H2,1-2H3;2*4H,1-3H3;3-4H2,1-2H3;3H2,1-2H3. The number of halogens is 1. The van der Waals surface area contributed by atoms with Crippen LogP contribution in [0.25, 0.3) is 0 Å². The Kier molecular flexibility index (Phi) is 69.0. The third kappa shape index (κ3) is 110. The van der Waals surface area contributed by atoms with Crippen LogP contribution in [-0.2, 0) is 15.9 Å². The fourth-order valence-electron chi connectivity index (χ4n) is 2.37. The molecular formula is C49H105FO2. The van der Waals surface area contributed by atoms with E-state index in [1.807, 2.05) is 13.0 Å². The minimum atomic E-state index is -1.10. The average molecular weight is 745 g/mol. The van der Waals surface area contributed by atoms with Crippen molar-refractivity contribution in [3.05, 3.63) is 35.9 Å². The molecule has 52 heavy (non-hydrogen) atoms. The van der Waals surface area contributed by atoms with Gasteiger partial charge in [-0.25, -0.2) is 4.39 Å². The van der Waals surface area contributed by atoms with E-state index >= 15 is 0 Å². The molecule has 2 aliphatic carbocycles. The molecule has 0 aliphatic heterocycles. The largest absolute Gasteiger partial charge is 0.385 e. The fraction of sp³-hybridized carbons (Fsp3) is 0.878. The lowest BCUT2D eigenvalue weighted by atomic mass is 9.84. The Morgan fingerprint density at radius 1 is 0.635 bits per heavy atom. The van der Waals surface area contributed by atoms with Gasteiger partial charge in [0.15, 0.2) is 6.36 Å². The fourth-order valence-corrected chi connectivity index (χ4v) is 2.37. The number of ether oxygens (including phenoxy) is 2. The van der Waals surface area contributed by atoms with Gasteiger partial charge in [-0.1, -0.05) is 226 Å².